The lowest BCUT2D eigenvalue weighted by Crippen LogP contribution is -1.87. The zero-order valence-corrected chi connectivity index (χ0v) is 9.66. The van der Waals surface area contributed by atoms with Gasteiger partial charge in [-0.2, -0.15) is 0 Å². The number of rotatable bonds is 5. The number of aryl methyl sites for hydroxylation is 1. The Bertz CT molecular complexity index is 462. The molecule has 0 spiro atoms. The van der Waals surface area contributed by atoms with Crippen molar-refractivity contribution in [3.8, 4) is 5.75 Å². The van der Waals surface area contributed by atoms with Crippen molar-refractivity contribution >= 4 is 11.0 Å². The van der Waals surface area contributed by atoms with Crippen molar-refractivity contribution in [1.82, 2.24) is 9.97 Å². The van der Waals surface area contributed by atoms with E-state index in [2.05, 4.69) is 16.9 Å². The number of aromatic hydroxyl groups is 1. The number of fused-ring (bicyclic) bond motifs is 1. The molecule has 0 aliphatic rings. The molecule has 3 heteroatoms. The monoisotopic (exact) mass is 218 g/mol. The van der Waals surface area contributed by atoms with Gasteiger partial charge in [0.1, 0.15) is 11.6 Å². The Morgan fingerprint density at radius 2 is 2.12 bits per heavy atom. The molecule has 1 aromatic carbocycles. The molecule has 0 radical (unpaired) electrons. The van der Waals surface area contributed by atoms with E-state index in [1.54, 1.807) is 12.1 Å². The van der Waals surface area contributed by atoms with Gasteiger partial charge in [0.15, 0.2) is 0 Å². The van der Waals surface area contributed by atoms with Crippen LogP contribution in [-0.4, -0.2) is 15.1 Å². The van der Waals surface area contributed by atoms with Crippen LogP contribution in [0, 0.1) is 0 Å². The average molecular weight is 218 g/mol. The molecule has 0 fully saturated rings. The lowest BCUT2D eigenvalue weighted by atomic mass is 10.1. The summed E-state index contributed by atoms with van der Waals surface area (Å²) >= 11 is 0. The fourth-order valence-electron chi connectivity index (χ4n) is 1.89. The molecule has 0 amide bonds. The lowest BCUT2D eigenvalue weighted by Gasteiger charge is -1.95. The van der Waals surface area contributed by atoms with Gasteiger partial charge >= 0.3 is 0 Å². The molecular weight excluding hydrogens is 200 g/mol. The van der Waals surface area contributed by atoms with Crippen molar-refractivity contribution in [3.05, 3.63) is 24.0 Å². The Kier molecular flexibility index (Phi) is 3.44. The second kappa shape index (κ2) is 5.01. The Morgan fingerprint density at radius 1 is 1.25 bits per heavy atom. The quantitative estimate of drug-likeness (QED) is 0.756. The molecule has 0 atom stereocenters. The Balaban J connectivity index is 2.02. The summed E-state index contributed by atoms with van der Waals surface area (Å²) in [4.78, 5) is 7.73. The minimum Gasteiger partial charge on any atom is -0.508 e. The zero-order chi connectivity index (χ0) is 11.4. The largest absolute Gasteiger partial charge is 0.508 e. The molecule has 0 aliphatic carbocycles. The second-order valence-electron chi connectivity index (χ2n) is 4.20. The average Bonchev–Trinajstić information content (AvgIpc) is 2.66. The van der Waals surface area contributed by atoms with Crippen LogP contribution in [0.15, 0.2) is 18.2 Å². The van der Waals surface area contributed by atoms with Crippen LogP contribution in [0.5, 0.6) is 5.75 Å². The number of imidazole rings is 1. The molecule has 1 heterocycles. The van der Waals surface area contributed by atoms with E-state index in [4.69, 9.17) is 0 Å². The molecule has 0 aliphatic heterocycles. The van der Waals surface area contributed by atoms with Crippen LogP contribution >= 0.6 is 0 Å². The van der Waals surface area contributed by atoms with E-state index in [-0.39, 0.29) is 5.75 Å². The van der Waals surface area contributed by atoms with E-state index in [1.165, 1.54) is 25.7 Å². The molecule has 2 rings (SSSR count). The molecule has 2 N–H and O–H groups in total. The van der Waals surface area contributed by atoms with Crippen molar-refractivity contribution in [2.24, 2.45) is 0 Å². The van der Waals surface area contributed by atoms with Crippen LogP contribution in [0.4, 0.5) is 0 Å². The highest BCUT2D eigenvalue weighted by Gasteiger charge is 2.02. The molecule has 2 aromatic rings. The molecule has 0 bridgehead atoms. The van der Waals surface area contributed by atoms with Crippen molar-refractivity contribution in [2.75, 3.05) is 0 Å². The summed E-state index contributed by atoms with van der Waals surface area (Å²) in [5.41, 5.74) is 1.86. The van der Waals surface area contributed by atoms with E-state index in [1.807, 2.05) is 6.07 Å². The van der Waals surface area contributed by atoms with Gasteiger partial charge in [-0.3, -0.25) is 0 Å². The van der Waals surface area contributed by atoms with Gasteiger partial charge in [-0.1, -0.05) is 26.2 Å². The normalized spacial score (nSPS) is 11.1. The molecule has 0 unspecified atom stereocenters. The fourth-order valence-corrected chi connectivity index (χ4v) is 1.89. The third-order valence-corrected chi connectivity index (χ3v) is 2.78. The standard InChI is InChI=1S/C13H18N2O/c1-2-3-4-5-6-13-14-11-8-7-10(16)9-12(11)15-13/h7-9,16H,2-6H2,1H3,(H,14,15). The van der Waals surface area contributed by atoms with Gasteiger partial charge in [0.2, 0.25) is 0 Å². The molecule has 3 nitrogen and oxygen atoms in total. The van der Waals surface area contributed by atoms with E-state index in [0.717, 1.165) is 23.3 Å². The van der Waals surface area contributed by atoms with Gasteiger partial charge in [0, 0.05) is 12.5 Å². The highest BCUT2D eigenvalue weighted by atomic mass is 16.3. The van der Waals surface area contributed by atoms with Crippen LogP contribution in [0.25, 0.3) is 11.0 Å². The third-order valence-electron chi connectivity index (χ3n) is 2.78. The highest BCUT2D eigenvalue weighted by molar-refractivity contribution is 5.76. The Labute approximate surface area is 95.5 Å². The van der Waals surface area contributed by atoms with Gasteiger partial charge in [-0.25, -0.2) is 4.98 Å². The van der Waals surface area contributed by atoms with Crippen LogP contribution < -0.4 is 0 Å². The summed E-state index contributed by atoms with van der Waals surface area (Å²) in [7, 11) is 0. The summed E-state index contributed by atoms with van der Waals surface area (Å²) in [5.74, 6) is 1.31. The van der Waals surface area contributed by atoms with Gasteiger partial charge in [-0.05, 0) is 18.6 Å². The van der Waals surface area contributed by atoms with E-state index in [0.29, 0.717) is 0 Å². The summed E-state index contributed by atoms with van der Waals surface area (Å²) < 4.78 is 0. The highest BCUT2D eigenvalue weighted by Crippen LogP contribution is 2.18. The Hall–Kier alpha value is -1.51. The second-order valence-corrected chi connectivity index (χ2v) is 4.20. The number of hydrogen-bond acceptors (Lipinski definition) is 2. The zero-order valence-electron chi connectivity index (χ0n) is 9.66. The minimum atomic E-state index is 0.286. The maximum absolute atomic E-state index is 9.34. The van der Waals surface area contributed by atoms with E-state index in [9.17, 15) is 5.11 Å². The topological polar surface area (TPSA) is 48.9 Å². The summed E-state index contributed by atoms with van der Waals surface area (Å²) in [6.07, 6.45) is 5.99. The number of unbranched alkanes of at least 4 members (excludes halogenated alkanes) is 3. The number of nitrogens with one attached hydrogen (secondary N) is 1. The first kappa shape index (κ1) is 11.0. The van der Waals surface area contributed by atoms with Gasteiger partial charge in [0.25, 0.3) is 0 Å². The summed E-state index contributed by atoms with van der Waals surface area (Å²) in [6, 6.07) is 5.23. The first-order chi connectivity index (χ1) is 7.79. The first-order valence-corrected chi connectivity index (χ1v) is 5.97. The predicted molar refractivity (Wildman–Crippen MR) is 65.6 cm³/mol. The van der Waals surface area contributed by atoms with E-state index >= 15 is 0 Å². The predicted octanol–water partition coefficient (Wildman–Crippen LogP) is 3.39. The number of hydrogen-bond donors (Lipinski definition) is 2. The maximum atomic E-state index is 9.34. The van der Waals surface area contributed by atoms with Crippen LogP contribution in [-0.2, 0) is 6.42 Å². The first-order valence-electron chi connectivity index (χ1n) is 5.97. The Morgan fingerprint density at radius 3 is 2.94 bits per heavy atom. The summed E-state index contributed by atoms with van der Waals surface area (Å²) in [6.45, 7) is 2.21. The lowest BCUT2D eigenvalue weighted by molar-refractivity contribution is 0.476. The molecule has 1 aromatic heterocycles. The number of benzene rings is 1. The minimum absolute atomic E-state index is 0.286. The van der Waals surface area contributed by atoms with Gasteiger partial charge in [-0.15, -0.1) is 0 Å². The summed E-state index contributed by atoms with van der Waals surface area (Å²) in [5, 5.41) is 9.34. The molecule has 86 valence electrons. The van der Waals surface area contributed by atoms with Crippen LogP contribution in [0.1, 0.15) is 38.4 Å². The van der Waals surface area contributed by atoms with Crippen molar-refractivity contribution < 1.29 is 5.11 Å². The van der Waals surface area contributed by atoms with Crippen molar-refractivity contribution in [1.29, 1.82) is 0 Å². The number of phenolic OH excluding ortho intramolecular Hbond substituents is 1. The van der Waals surface area contributed by atoms with Crippen molar-refractivity contribution in [2.45, 2.75) is 39.0 Å². The number of nitrogens with zero attached hydrogens (tertiary/aromatic N) is 1. The van der Waals surface area contributed by atoms with Gasteiger partial charge < -0.3 is 10.1 Å². The SMILES string of the molecule is CCCCCCc1nc2ccc(O)cc2[nH]1. The number of aromatic nitrogens is 2. The van der Waals surface area contributed by atoms with Gasteiger partial charge in [0.05, 0.1) is 11.0 Å². The number of aromatic amines is 1. The van der Waals surface area contributed by atoms with Crippen LogP contribution in [0.3, 0.4) is 0 Å². The molecule has 0 saturated carbocycles. The smallest absolute Gasteiger partial charge is 0.117 e. The maximum Gasteiger partial charge on any atom is 0.117 e. The molecule has 0 saturated heterocycles. The third kappa shape index (κ3) is 2.54. The van der Waals surface area contributed by atoms with E-state index < -0.39 is 0 Å². The van der Waals surface area contributed by atoms with Crippen LogP contribution in [0.2, 0.25) is 0 Å². The molecular formula is C13H18N2O. The van der Waals surface area contributed by atoms with Crippen molar-refractivity contribution in [3.63, 3.8) is 0 Å². The fraction of sp³-hybridized carbons (Fsp3) is 0.462. The number of H-pyrrole nitrogens is 1. The number of phenols is 1. The molecule has 16 heavy (non-hydrogen) atoms.